The average Bonchev–Trinajstić information content (AvgIpc) is 3.37. The summed E-state index contributed by atoms with van der Waals surface area (Å²) in [5, 5.41) is 6.88. The van der Waals surface area contributed by atoms with E-state index in [0.717, 1.165) is 40.9 Å². The number of aryl methyl sites for hydroxylation is 1. The number of aromatic nitrogens is 1. The van der Waals surface area contributed by atoms with Crippen LogP contribution < -0.4 is 10.6 Å². The zero-order valence-electron chi connectivity index (χ0n) is 15.6. The number of hydrogen-bond donors (Lipinski definition) is 2. The molecule has 1 unspecified atom stereocenters. The number of rotatable bonds is 8. The van der Waals surface area contributed by atoms with Crippen molar-refractivity contribution in [1.29, 1.82) is 0 Å². The van der Waals surface area contributed by atoms with Gasteiger partial charge in [0.1, 0.15) is 5.76 Å². The maximum atomic E-state index is 12.6. The molecule has 5 nitrogen and oxygen atoms in total. The van der Waals surface area contributed by atoms with Gasteiger partial charge >= 0.3 is 6.18 Å². The van der Waals surface area contributed by atoms with Gasteiger partial charge in [0.05, 0.1) is 12.2 Å². The van der Waals surface area contributed by atoms with Crippen molar-refractivity contribution in [3.05, 3.63) is 65.1 Å². The third-order valence-corrected chi connectivity index (χ3v) is 5.09. The number of halogens is 3. The van der Waals surface area contributed by atoms with Gasteiger partial charge < -0.3 is 15.1 Å². The Kier molecular flexibility index (Phi) is 6.58. The van der Waals surface area contributed by atoms with E-state index < -0.39 is 11.9 Å². The van der Waals surface area contributed by atoms with Gasteiger partial charge in [-0.3, -0.25) is 4.79 Å². The van der Waals surface area contributed by atoms with E-state index in [4.69, 9.17) is 4.42 Å². The molecule has 0 aliphatic carbocycles. The van der Waals surface area contributed by atoms with Crippen molar-refractivity contribution >= 4 is 28.1 Å². The average molecular weight is 423 g/mol. The number of carbonyl (C=O) groups excluding carboxylic acids is 1. The molecular weight excluding hydrogens is 403 g/mol. The first-order valence-corrected chi connectivity index (χ1v) is 9.90. The highest BCUT2D eigenvalue weighted by Crippen LogP contribution is 2.32. The van der Waals surface area contributed by atoms with Crippen molar-refractivity contribution in [2.75, 3.05) is 11.9 Å². The first-order chi connectivity index (χ1) is 13.8. The summed E-state index contributed by atoms with van der Waals surface area (Å²) in [6.07, 6.45) is -1.29. The van der Waals surface area contributed by atoms with E-state index in [0.29, 0.717) is 12.2 Å². The molecule has 9 heteroatoms. The van der Waals surface area contributed by atoms with Crippen molar-refractivity contribution in [2.24, 2.45) is 0 Å². The lowest BCUT2D eigenvalue weighted by molar-refractivity contribution is -0.140. The number of thiazole rings is 1. The van der Waals surface area contributed by atoms with E-state index in [9.17, 15) is 18.0 Å². The third-order valence-electron chi connectivity index (χ3n) is 4.33. The molecule has 0 bridgehead atoms. The second-order valence-electron chi connectivity index (χ2n) is 6.48. The summed E-state index contributed by atoms with van der Waals surface area (Å²) in [6.45, 7) is 2.36. The zero-order valence-corrected chi connectivity index (χ0v) is 16.4. The molecule has 1 atom stereocenters. The molecule has 29 heavy (non-hydrogen) atoms. The fourth-order valence-corrected chi connectivity index (χ4v) is 3.41. The molecule has 2 heterocycles. The molecule has 1 amide bonds. The Labute approximate surface area is 170 Å². The highest BCUT2D eigenvalue weighted by atomic mass is 32.1. The van der Waals surface area contributed by atoms with Crippen LogP contribution in [-0.4, -0.2) is 17.4 Å². The fraction of sp³-hybridized carbons (Fsp3) is 0.300. The number of nitrogens with zero attached hydrogens (tertiary/aromatic N) is 1. The van der Waals surface area contributed by atoms with E-state index in [1.807, 2.05) is 12.1 Å². The van der Waals surface area contributed by atoms with Crippen molar-refractivity contribution in [1.82, 2.24) is 10.3 Å². The van der Waals surface area contributed by atoms with Crippen LogP contribution in [0.1, 0.15) is 36.3 Å². The summed E-state index contributed by atoms with van der Waals surface area (Å²) < 4.78 is 43.1. The van der Waals surface area contributed by atoms with Gasteiger partial charge in [0.15, 0.2) is 10.8 Å². The maximum absolute atomic E-state index is 12.6. The van der Waals surface area contributed by atoms with Gasteiger partial charge in [-0.1, -0.05) is 12.1 Å². The molecular formula is C20H20F3N3O2S. The van der Waals surface area contributed by atoms with Gasteiger partial charge in [-0.05, 0) is 43.2 Å². The van der Waals surface area contributed by atoms with E-state index >= 15 is 0 Å². The zero-order chi connectivity index (χ0) is 20.9. The minimum absolute atomic E-state index is 0.0834. The van der Waals surface area contributed by atoms with Crippen LogP contribution in [0.4, 0.5) is 24.0 Å². The Morgan fingerprint density at radius 3 is 2.62 bits per heavy atom. The summed E-state index contributed by atoms with van der Waals surface area (Å²) in [5.41, 5.74) is 0.496. The Bertz CT molecular complexity index is 921. The van der Waals surface area contributed by atoms with Crippen molar-refractivity contribution in [2.45, 2.75) is 31.9 Å². The Balaban J connectivity index is 1.49. The van der Waals surface area contributed by atoms with E-state index in [-0.39, 0.29) is 17.0 Å². The number of nitrogens with one attached hydrogen (secondary N) is 2. The van der Waals surface area contributed by atoms with Crippen molar-refractivity contribution < 1.29 is 22.4 Å². The number of benzene rings is 1. The number of amides is 1. The second kappa shape index (κ2) is 9.13. The van der Waals surface area contributed by atoms with Crippen LogP contribution in [0.15, 0.2) is 52.5 Å². The SMILES string of the molecule is CC(C(=O)NCCCc1ccco1)c1ccc(Nc2nc(C(F)(F)F)cs2)cc1. The monoisotopic (exact) mass is 423 g/mol. The molecule has 0 saturated carbocycles. The van der Waals surface area contributed by atoms with Gasteiger partial charge in [-0.15, -0.1) is 11.3 Å². The third kappa shape index (κ3) is 5.83. The molecule has 0 aliphatic heterocycles. The van der Waals surface area contributed by atoms with Crippen LogP contribution in [0.3, 0.4) is 0 Å². The quantitative estimate of drug-likeness (QED) is 0.479. The molecule has 0 radical (unpaired) electrons. The van der Waals surface area contributed by atoms with E-state index in [1.165, 1.54) is 0 Å². The van der Waals surface area contributed by atoms with Crippen molar-refractivity contribution in [3.63, 3.8) is 0 Å². The first-order valence-electron chi connectivity index (χ1n) is 9.03. The predicted molar refractivity (Wildman–Crippen MR) is 105 cm³/mol. The summed E-state index contributed by atoms with van der Waals surface area (Å²) in [4.78, 5) is 15.8. The van der Waals surface area contributed by atoms with Gasteiger partial charge in [-0.2, -0.15) is 13.2 Å². The Morgan fingerprint density at radius 1 is 1.24 bits per heavy atom. The standard InChI is InChI=1S/C20H20F3N3O2S/c1-13(18(27)24-10-2-4-16-5-3-11-28-16)14-6-8-15(9-7-14)25-19-26-17(12-29-19)20(21,22)23/h3,5-9,11-13H,2,4,10H2,1H3,(H,24,27)(H,25,26). The summed E-state index contributed by atoms with van der Waals surface area (Å²) in [5.74, 6) is 0.460. The lowest BCUT2D eigenvalue weighted by Crippen LogP contribution is -2.29. The van der Waals surface area contributed by atoms with Crippen LogP contribution in [0.2, 0.25) is 0 Å². The summed E-state index contributed by atoms with van der Waals surface area (Å²) in [6, 6.07) is 10.7. The maximum Gasteiger partial charge on any atom is 0.434 e. The number of carbonyl (C=O) groups is 1. The lowest BCUT2D eigenvalue weighted by Gasteiger charge is -2.13. The van der Waals surface area contributed by atoms with Crippen LogP contribution in [0, 0.1) is 0 Å². The first kappa shape index (κ1) is 20.9. The number of furan rings is 1. The molecule has 154 valence electrons. The van der Waals surface area contributed by atoms with Crippen LogP contribution in [0.5, 0.6) is 0 Å². The van der Waals surface area contributed by atoms with Crippen LogP contribution in [0.25, 0.3) is 0 Å². The Hall–Kier alpha value is -2.81. The molecule has 3 rings (SSSR count). The Morgan fingerprint density at radius 2 is 2.00 bits per heavy atom. The lowest BCUT2D eigenvalue weighted by atomic mass is 10.00. The smallest absolute Gasteiger partial charge is 0.434 e. The highest BCUT2D eigenvalue weighted by Gasteiger charge is 2.33. The van der Waals surface area contributed by atoms with Crippen molar-refractivity contribution in [3.8, 4) is 0 Å². The topological polar surface area (TPSA) is 67.2 Å². The van der Waals surface area contributed by atoms with Gasteiger partial charge in [0.25, 0.3) is 0 Å². The molecule has 2 aromatic heterocycles. The minimum atomic E-state index is -4.46. The fourth-order valence-electron chi connectivity index (χ4n) is 2.67. The van der Waals surface area contributed by atoms with Gasteiger partial charge in [0.2, 0.25) is 5.91 Å². The molecule has 0 aliphatic rings. The number of anilines is 2. The summed E-state index contributed by atoms with van der Waals surface area (Å²) >= 11 is 0.884. The van der Waals surface area contributed by atoms with Crippen LogP contribution >= 0.6 is 11.3 Å². The van der Waals surface area contributed by atoms with E-state index in [2.05, 4.69) is 15.6 Å². The van der Waals surface area contributed by atoms with Gasteiger partial charge in [-0.25, -0.2) is 4.98 Å². The largest absolute Gasteiger partial charge is 0.469 e. The molecule has 1 aromatic carbocycles. The van der Waals surface area contributed by atoms with Crippen LogP contribution in [-0.2, 0) is 17.4 Å². The predicted octanol–water partition coefficient (Wildman–Crippen LogP) is 5.35. The molecule has 0 spiro atoms. The summed E-state index contributed by atoms with van der Waals surface area (Å²) in [7, 11) is 0. The minimum Gasteiger partial charge on any atom is -0.469 e. The molecule has 3 aromatic rings. The number of hydrogen-bond acceptors (Lipinski definition) is 5. The molecule has 0 saturated heterocycles. The molecule has 0 fully saturated rings. The van der Waals surface area contributed by atoms with E-state index in [1.54, 1.807) is 37.5 Å². The number of alkyl halides is 3. The normalized spacial score (nSPS) is 12.6. The second-order valence-corrected chi connectivity index (χ2v) is 7.34. The highest BCUT2D eigenvalue weighted by molar-refractivity contribution is 7.13. The molecule has 2 N–H and O–H groups in total. The van der Waals surface area contributed by atoms with Gasteiger partial charge in [0, 0.05) is 24.0 Å².